The standard InChI is InChI=1S/C13H26N2O2/c1-13(16-2)5-3-7-15(11-13)8-4-12-10-17-9-6-14-12/h12,14H,3-11H2,1-2H3. The molecule has 0 aromatic heterocycles. The van der Waals surface area contributed by atoms with Crippen molar-refractivity contribution in [2.75, 3.05) is 46.5 Å². The summed E-state index contributed by atoms with van der Waals surface area (Å²) in [5.74, 6) is 0. The molecule has 2 atom stereocenters. The van der Waals surface area contributed by atoms with E-state index < -0.39 is 0 Å². The summed E-state index contributed by atoms with van der Waals surface area (Å²) in [4.78, 5) is 2.53. The van der Waals surface area contributed by atoms with E-state index in [9.17, 15) is 0 Å². The summed E-state index contributed by atoms with van der Waals surface area (Å²) >= 11 is 0. The van der Waals surface area contributed by atoms with Crippen molar-refractivity contribution < 1.29 is 9.47 Å². The van der Waals surface area contributed by atoms with Gasteiger partial charge < -0.3 is 19.7 Å². The lowest BCUT2D eigenvalue weighted by Gasteiger charge is -2.40. The van der Waals surface area contributed by atoms with Crippen molar-refractivity contribution in [1.29, 1.82) is 0 Å². The van der Waals surface area contributed by atoms with Gasteiger partial charge in [-0.25, -0.2) is 0 Å². The molecular weight excluding hydrogens is 216 g/mol. The maximum absolute atomic E-state index is 5.62. The average molecular weight is 242 g/mol. The van der Waals surface area contributed by atoms with E-state index in [1.165, 1.54) is 25.8 Å². The van der Waals surface area contributed by atoms with Gasteiger partial charge in [-0.05, 0) is 39.3 Å². The predicted molar refractivity (Wildman–Crippen MR) is 68.3 cm³/mol. The number of ether oxygens (including phenoxy) is 2. The van der Waals surface area contributed by atoms with Gasteiger partial charge in [0.15, 0.2) is 0 Å². The molecule has 4 nitrogen and oxygen atoms in total. The summed E-state index contributed by atoms with van der Waals surface area (Å²) in [6.45, 7) is 8.39. The quantitative estimate of drug-likeness (QED) is 0.793. The van der Waals surface area contributed by atoms with Crippen molar-refractivity contribution in [3.8, 4) is 0 Å². The number of hydrogen-bond donors (Lipinski definition) is 1. The van der Waals surface area contributed by atoms with E-state index in [0.29, 0.717) is 6.04 Å². The fourth-order valence-corrected chi connectivity index (χ4v) is 2.81. The number of nitrogens with zero attached hydrogens (tertiary/aromatic N) is 1. The fourth-order valence-electron chi connectivity index (χ4n) is 2.81. The monoisotopic (exact) mass is 242 g/mol. The fraction of sp³-hybridized carbons (Fsp3) is 1.00. The van der Waals surface area contributed by atoms with Crippen LogP contribution < -0.4 is 5.32 Å². The van der Waals surface area contributed by atoms with Gasteiger partial charge in [-0.15, -0.1) is 0 Å². The van der Waals surface area contributed by atoms with E-state index in [0.717, 1.165) is 32.8 Å². The van der Waals surface area contributed by atoms with Gasteiger partial charge in [-0.1, -0.05) is 0 Å². The zero-order chi connectivity index (χ0) is 12.1. The molecule has 0 aromatic rings. The highest BCUT2D eigenvalue weighted by Crippen LogP contribution is 2.23. The SMILES string of the molecule is COC1(C)CCCN(CCC2COCCN2)C1. The zero-order valence-corrected chi connectivity index (χ0v) is 11.2. The molecule has 2 fully saturated rings. The lowest BCUT2D eigenvalue weighted by molar-refractivity contribution is -0.0520. The van der Waals surface area contributed by atoms with Crippen LogP contribution in [0.25, 0.3) is 0 Å². The number of methoxy groups -OCH3 is 1. The van der Waals surface area contributed by atoms with Gasteiger partial charge in [-0.3, -0.25) is 0 Å². The molecule has 2 rings (SSSR count). The highest BCUT2D eigenvalue weighted by atomic mass is 16.5. The van der Waals surface area contributed by atoms with Crippen molar-refractivity contribution in [3.05, 3.63) is 0 Å². The summed E-state index contributed by atoms with van der Waals surface area (Å²) in [7, 11) is 1.83. The van der Waals surface area contributed by atoms with Gasteiger partial charge in [0.25, 0.3) is 0 Å². The first-order valence-corrected chi connectivity index (χ1v) is 6.80. The van der Waals surface area contributed by atoms with E-state index in [1.807, 2.05) is 7.11 Å². The van der Waals surface area contributed by atoms with Crippen LogP contribution >= 0.6 is 0 Å². The second-order valence-electron chi connectivity index (χ2n) is 5.55. The first-order chi connectivity index (χ1) is 8.22. The maximum atomic E-state index is 5.62. The molecular formula is C13H26N2O2. The Hall–Kier alpha value is -0.160. The molecule has 0 aliphatic carbocycles. The van der Waals surface area contributed by atoms with Crippen LogP contribution in [-0.2, 0) is 9.47 Å². The molecule has 0 bridgehead atoms. The molecule has 17 heavy (non-hydrogen) atoms. The molecule has 0 amide bonds. The molecule has 2 aliphatic rings. The molecule has 4 heteroatoms. The summed E-state index contributed by atoms with van der Waals surface area (Å²) in [6.07, 6.45) is 3.61. The molecule has 0 aromatic carbocycles. The summed E-state index contributed by atoms with van der Waals surface area (Å²) in [5.41, 5.74) is 0.0642. The third-order valence-corrected chi connectivity index (χ3v) is 4.02. The number of likely N-dealkylation sites (tertiary alicyclic amines) is 1. The Morgan fingerprint density at radius 2 is 2.41 bits per heavy atom. The van der Waals surface area contributed by atoms with E-state index in [1.54, 1.807) is 0 Å². The Morgan fingerprint density at radius 1 is 1.53 bits per heavy atom. The van der Waals surface area contributed by atoms with Crippen molar-refractivity contribution in [2.24, 2.45) is 0 Å². The highest BCUT2D eigenvalue weighted by Gasteiger charge is 2.30. The van der Waals surface area contributed by atoms with Gasteiger partial charge >= 0.3 is 0 Å². The normalized spacial score (nSPS) is 36.0. The average Bonchev–Trinajstić information content (AvgIpc) is 2.38. The van der Waals surface area contributed by atoms with Gasteiger partial charge in [0.1, 0.15) is 0 Å². The van der Waals surface area contributed by atoms with Crippen LogP contribution in [0.1, 0.15) is 26.2 Å². The number of morpholine rings is 1. The molecule has 2 aliphatic heterocycles. The molecule has 2 heterocycles. The minimum Gasteiger partial charge on any atom is -0.379 e. The number of piperidine rings is 1. The van der Waals surface area contributed by atoms with Crippen molar-refractivity contribution in [3.63, 3.8) is 0 Å². The first kappa shape index (κ1) is 13.3. The van der Waals surface area contributed by atoms with Crippen LogP contribution in [0.5, 0.6) is 0 Å². The lowest BCUT2D eigenvalue weighted by Crippen LogP contribution is -2.49. The topological polar surface area (TPSA) is 33.7 Å². The Bertz CT molecular complexity index is 231. The molecule has 100 valence electrons. The third kappa shape index (κ3) is 3.91. The number of rotatable bonds is 4. The van der Waals surface area contributed by atoms with E-state index in [4.69, 9.17) is 9.47 Å². The molecule has 1 N–H and O–H groups in total. The summed E-state index contributed by atoms with van der Waals surface area (Å²) < 4.78 is 11.1. The van der Waals surface area contributed by atoms with Crippen LogP contribution in [0.2, 0.25) is 0 Å². The second-order valence-corrected chi connectivity index (χ2v) is 5.55. The minimum atomic E-state index is 0.0642. The maximum Gasteiger partial charge on any atom is 0.0777 e. The predicted octanol–water partition coefficient (Wildman–Crippen LogP) is 0.866. The van der Waals surface area contributed by atoms with Crippen molar-refractivity contribution in [1.82, 2.24) is 10.2 Å². The van der Waals surface area contributed by atoms with Crippen LogP contribution in [0.3, 0.4) is 0 Å². The Labute approximate surface area is 105 Å². The zero-order valence-electron chi connectivity index (χ0n) is 11.2. The molecule has 2 unspecified atom stereocenters. The van der Waals surface area contributed by atoms with Gasteiger partial charge in [0, 0.05) is 26.2 Å². The highest BCUT2D eigenvalue weighted by molar-refractivity contribution is 4.85. The lowest BCUT2D eigenvalue weighted by atomic mass is 9.94. The Morgan fingerprint density at radius 3 is 3.12 bits per heavy atom. The minimum absolute atomic E-state index is 0.0642. The van der Waals surface area contributed by atoms with Gasteiger partial charge in [0.05, 0.1) is 18.8 Å². The van der Waals surface area contributed by atoms with Gasteiger partial charge in [0.2, 0.25) is 0 Å². The largest absolute Gasteiger partial charge is 0.379 e. The molecule has 2 saturated heterocycles. The van der Waals surface area contributed by atoms with Crippen LogP contribution in [0.15, 0.2) is 0 Å². The van der Waals surface area contributed by atoms with Crippen LogP contribution in [0, 0.1) is 0 Å². The summed E-state index contributed by atoms with van der Waals surface area (Å²) in [6, 6.07) is 0.541. The summed E-state index contributed by atoms with van der Waals surface area (Å²) in [5, 5.41) is 3.51. The molecule has 0 radical (unpaired) electrons. The number of nitrogens with one attached hydrogen (secondary N) is 1. The Balaban J connectivity index is 1.71. The van der Waals surface area contributed by atoms with Crippen LogP contribution in [0.4, 0.5) is 0 Å². The van der Waals surface area contributed by atoms with Crippen molar-refractivity contribution >= 4 is 0 Å². The smallest absolute Gasteiger partial charge is 0.0777 e. The van der Waals surface area contributed by atoms with Crippen LogP contribution in [-0.4, -0.2) is 63.0 Å². The van der Waals surface area contributed by atoms with E-state index in [2.05, 4.69) is 17.1 Å². The van der Waals surface area contributed by atoms with E-state index >= 15 is 0 Å². The molecule has 0 saturated carbocycles. The number of hydrogen-bond acceptors (Lipinski definition) is 4. The van der Waals surface area contributed by atoms with Gasteiger partial charge in [-0.2, -0.15) is 0 Å². The van der Waals surface area contributed by atoms with E-state index in [-0.39, 0.29) is 5.60 Å². The molecule has 0 spiro atoms. The first-order valence-electron chi connectivity index (χ1n) is 6.80. The Kier molecular flexibility index (Phi) is 4.79. The second kappa shape index (κ2) is 6.14. The van der Waals surface area contributed by atoms with Crippen molar-refractivity contribution in [2.45, 2.75) is 37.8 Å². The third-order valence-electron chi connectivity index (χ3n) is 4.02.